The van der Waals surface area contributed by atoms with Gasteiger partial charge in [-0.25, -0.2) is 4.79 Å². The Kier molecular flexibility index (Phi) is 5.59. The van der Waals surface area contributed by atoms with Crippen molar-refractivity contribution in [2.24, 2.45) is 0 Å². The zero-order valence-electron chi connectivity index (χ0n) is 11.2. The summed E-state index contributed by atoms with van der Waals surface area (Å²) >= 11 is 0. The van der Waals surface area contributed by atoms with Gasteiger partial charge in [0.15, 0.2) is 0 Å². The highest BCUT2D eigenvalue weighted by Crippen LogP contribution is 2.23. The molecule has 3 heteroatoms. The number of hydrogen-bond acceptors (Lipinski definition) is 3. The SMILES string of the molecule is C=COC(=O)c1ccccc1C(C)OC(C)CC. The lowest BCUT2D eigenvalue weighted by molar-refractivity contribution is 0.00461. The molecule has 2 atom stereocenters. The van der Waals surface area contributed by atoms with Crippen molar-refractivity contribution in [3.63, 3.8) is 0 Å². The quantitative estimate of drug-likeness (QED) is 0.566. The highest BCUT2D eigenvalue weighted by Gasteiger charge is 2.18. The van der Waals surface area contributed by atoms with Crippen LogP contribution in [-0.4, -0.2) is 12.1 Å². The summed E-state index contributed by atoms with van der Waals surface area (Å²) in [5, 5.41) is 0. The third kappa shape index (κ3) is 3.70. The Labute approximate surface area is 108 Å². The molecule has 0 aromatic heterocycles. The van der Waals surface area contributed by atoms with E-state index in [1.807, 2.05) is 26.0 Å². The van der Waals surface area contributed by atoms with Gasteiger partial charge in [-0.05, 0) is 31.9 Å². The minimum atomic E-state index is -0.403. The second-order valence-corrected chi connectivity index (χ2v) is 4.16. The zero-order chi connectivity index (χ0) is 13.5. The van der Waals surface area contributed by atoms with Crippen LogP contribution < -0.4 is 0 Å². The standard InChI is InChI=1S/C15H20O3/c1-5-11(3)18-12(4)13-9-7-8-10-14(13)15(16)17-6-2/h6-12H,2,5H2,1,3-4H3. The lowest BCUT2D eigenvalue weighted by Crippen LogP contribution is -2.14. The predicted octanol–water partition coefficient (Wildman–Crippen LogP) is 3.86. The number of carbonyl (C=O) groups is 1. The molecule has 3 nitrogen and oxygen atoms in total. The third-order valence-corrected chi connectivity index (χ3v) is 2.82. The topological polar surface area (TPSA) is 35.5 Å². The molecule has 18 heavy (non-hydrogen) atoms. The molecule has 0 amide bonds. The Morgan fingerprint density at radius 3 is 2.67 bits per heavy atom. The van der Waals surface area contributed by atoms with Crippen molar-refractivity contribution in [2.75, 3.05) is 0 Å². The van der Waals surface area contributed by atoms with E-state index in [4.69, 9.17) is 9.47 Å². The summed E-state index contributed by atoms with van der Waals surface area (Å²) < 4.78 is 10.6. The number of esters is 1. The van der Waals surface area contributed by atoms with Gasteiger partial charge in [0, 0.05) is 0 Å². The van der Waals surface area contributed by atoms with Crippen LogP contribution in [0.5, 0.6) is 0 Å². The van der Waals surface area contributed by atoms with Crippen LogP contribution >= 0.6 is 0 Å². The summed E-state index contributed by atoms with van der Waals surface area (Å²) in [6.45, 7) is 9.40. The minimum Gasteiger partial charge on any atom is -0.432 e. The van der Waals surface area contributed by atoms with Crippen LogP contribution in [0.4, 0.5) is 0 Å². The van der Waals surface area contributed by atoms with Gasteiger partial charge < -0.3 is 9.47 Å². The van der Waals surface area contributed by atoms with Crippen LogP contribution in [0, 0.1) is 0 Å². The van der Waals surface area contributed by atoms with Crippen LogP contribution in [0.1, 0.15) is 49.2 Å². The highest BCUT2D eigenvalue weighted by molar-refractivity contribution is 5.91. The summed E-state index contributed by atoms with van der Waals surface area (Å²) in [4.78, 5) is 11.8. The van der Waals surface area contributed by atoms with Crippen molar-refractivity contribution in [3.05, 3.63) is 48.2 Å². The fourth-order valence-electron chi connectivity index (χ4n) is 1.69. The maximum absolute atomic E-state index is 11.8. The lowest BCUT2D eigenvalue weighted by atomic mass is 10.0. The second-order valence-electron chi connectivity index (χ2n) is 4.16. The first kappa shape index (κ1) is 14.5. The van der Waals surface area contributed by atoms with Gasteiger partial charge in [-0.1, -0.05) is 31.7 Å². The van der Waals surface area contributed by atoms with Gasteiger partial charge in [-0.3, -0.25) is 0 Å². The second kappa shape index (κ2) is 6.97. The first-order valence-electron chi connectivity index (χ1n) is 6.16. The van der Waals surface area contributed by atoms with Gasteiger partial charge >= 0.3 is 5.97 Å². The zero-order valence-corrected chi connectivity index (χ0v) is 11.2. The van der Waals surface area contributed by atoms with Crippen molar-refractivity contribution < 1.29 is 14.3 Å². The van der Waals surface area contributed by atoms with Gasteiger partial charge in [0.2, 0.25) is 0 Å². The molecule has 1 rings (SSSR count). The smallest absolute Gasteiger partial charge is 0.343 e. The molecule has 1 aromatic carbocycles. The first-order chi connectivity index (χ1) is 8.60. The Bertz CT molecular complexity index is 412. The van der Waals surface area contributed by atoms with Gasteiger partial charge in [-0.15, -0.1) is 0 Å². The molecule has 2 unspecified atom stereocenters. The molecule has 0 heterocycles. The summed E-state index contributed by atoms with van der Waals surface area (Å²) in [6.07, 6.45) is 2.08. The molecule has 0 aliphatic heterocycles. The van der Waals surface area contributed by atoms with Crippen molar-refractivity contribution in [2.45, 2.75) is 39.4 Å². The summed E-state index contributed by atoms with van der Waals surface area (Å²) in [5.41, 5.74) is 1.36. The summed E-state index contributed by atoms with van der Waals surface area (Å²) in [6, 6.07) is 7.31. The summed E-state index contributed by atoms with van der Waals surface area (Å²) in [7, 11) is 0. The van der Waals surface area contributed by atoms with Gasteiger partial charge in [0.05, 0.1) is 24.0 Å². The van der Waals surface area contributed by atoms with E-state index in [0.717, 1.165) is 18.2 Å². The Morgan fingerprint density at radius 2 is 2.06 bits per heavy atom. The van der Waals surface area contributed by atoms with E-state index < -0.39 is 5.97 Å². The Hall–Kier alpha value is -1.61. The van der Waals surface area contributed by atoms with Crippen molar-refractivity contribution in [1.82, 2.24) is 0 Å². The average molecular weight is 248 g/mol. The van der Waals surface area contributed by atoms with E-state index in [9.17, 15) is 4.79 Å². The fraction of sp³-hybridized carbons (Fsp3) is 0.400. The number of hydrogen-bond donors (Lipinski definition) is 0. The third-order valence-electron chi connectivity index (χ3n) is 2.82. The number of benzene rings is 1. The Morgan fingerprint density at radius 1 is 1.39 bits per heavy atom. The molecule has 98 valence electrons. The normalized spacial score (nSPS) is 13.7. The number of rotatable bonds is 6. The van der Waals surface area contributed by atoms with Crippen LogP contribution in [0.25, 0.3) is 0 Å². The van der Waals surface area contributed by atoms with Gasteiger partial charge in [0.25, 0.3) is 0 Å². The molecular weight excluding hydrogens is 228 g/mol. The van der Waals surface area contributed by atoms with Crippen LogP contribution in [0.3, 0.4) is 0 Å². The molecule has 0 N–H and O–H groups in total. The summed E-state index contributed by atoms with van der Waals surface area (Å²) in [5.74, 6) is -0.403. The molecule has 0 saturated heterocycles. The van der Waals surface area contributed by atoms with Gasteiger partial charge in [-0.2, -0.15) is 0 Å². The predicted molar refractivity (Wildman–Crippen MR) is 71.3 cm³/mol. The number of ether oxygens (including phenoxy) is 2. The monoisotopic (exact) mass is 248 g/mol. The molecule has 0 aliphatic rings. The van der Waals surface area contributed by atoms with E-state index in [1.165, 1.54) is 0 Å². The molecule has 1 aromatic rings. The molecular formula is C15H20O3. The molecule has 0 spiro atoms. The molecule has 0 saturated carbocycles. The van der Waals surface area contributed by atoms with Crippen molar-refractivity contribution in [3.8, 4) is 0 Å². The highest BCUT2D eigenvalue weighted by atomic mass is 16.5. The van der Waals surface area contributed by atoms with E-state index in [2.05, 4.69) is 13.5 Å². The Balaban J connectivity index is 2.93. The molecule has 0 bridgehead atoms. The average Bonchev–Trinajstić information content (AvgIpc) is 2.38. The largest absolute Gasteiger partial charge is 0.432 e. The lowest BCUT2D eigenvalue weighted by Gasteiger charge is -2.20. The first-order valence-corrected chi connectivity index (χ1v) is 6.16. The van der Waals surface area contributed by atoms with Gasteiger partial charge in [0.1, 0.15) is 0 Å². The molecule has 0 fully saturated rings. The molecule has 0 radical (unpaired) electrons. The van der Waals surface area contributed by atoms with E-state index in [0.29, 0.717) is 5.56 Å². The fourth-order valence-corrected chi connectivity index (χ4v) is 1.69. The number of carbonyl (C=O) groups excluding carboxylic acids is 1. The van der Waals surface area contributed by atoms with Crippen LogP contribution in [0.15, 0.2) is 37.1 Å². The van der Waals surface area contributed by atoms with Crippen LogP contribution in [0.2, 0.25) is 0 Å². The van der Waals surface area contributed by atoms with Crippen molar-refractivity contribution in [1.29, 1.82) is 0 Å². The minimum absolute atomic E-state index is 0.145. The van der Waals surface area contributed by atoms with E-state index in [-0.39, 0.29) is 12.2 Å². The molecule has 0 aliphatic carbocycles. The van der Waals surface area contributed by atoms with Crippen molar-refractivity contribution >= 4 is 5.97 Å². The maximum atomic E-state index is 11.8. The maximum Gasteiger partial charge on any atom is 0.343 e. The van der Waals surface area contributed by atoms with E-state index >= 15 is 0 Å². The van der Waals surface area contributed by atoms with E-state index in [1.54, 1.807) is 12.1 Å². The van der Waals surface area contributed by atoms with Crippen LogP contribution in [-0.2, 0) is 9.47 Å².